The minimum absolute atomic E-state index is 0.588. The summed E-state index contributed by atoms with van der Waals surface area (Å²) in [5.74, 6) is 1.60. The highest BCUT2D eigenvalue weighted by molar-refractivity contribution is 5.29. The summed E-state index contributed by atoms with van der Waals surface area (Å²) in [5.41, 5.74) is 1.43. The third kappa shape index (κ3) is 9.09. The van der Waals surface area contributed by atoms with Crippen LogP contribution in [-0.2, 0) is 0 Å². The third-order valence-corrected chi connectivity index (χ3v) is 5.45. The van der Waals surface area contributed by atoms with Crippen LogP contribution < -0.4 is 10.1 Å². The Kier molecular flexibility index (Phi) is 10.8. The van der Waals surface area contributed by atoms with E-state index >= 15 is 0 Å². The van der Waals surface area contributed by atoms with Crippen molar-refractivity contribution in [3.05, 3.63) is 29.8 Å². The molecular weight excluding hydrogens is 334 g/mol. The highest BCUT2D eigenvalue weighted by atomic mass is 16.5. The molecule has 0 radical (unpaired) electrons. The van der Waals surface area contributed by atoms with E-state index in [1.54, 1.807) is 0 Å². The fraction of sp³-hybridized carbons (Fsp3) is 0.739. The molecule has 1 saturated heterocycles. The van der Waals surface area contributed by atoms with Crippen LogP contribution >= 0.6 is 0 Å². The van der Waals surface area contributed by atoms with E-state index in [0.717, 1.165) is 38.4 Å². The second kappa shape index (κ2) is 13.1. The molecule has 0 bridgehead atoms. The molecule has 2 rings (SSSR count). The van der Waals surface area contributed by atoms with Crippen molar-refractivity contribution in [2.75, 3.05) is 60.0 Å². The number of hydrogen-bond acceptors (Lipinski definition) is 4. The minimum Gasteiger partial charge on any atom is -0.494 e. The van der Waals surface area contributed by atoms with Crippen molar-refractivity contribution in [2.45, 2.75) is 51.4 Å². The SMILES string of the molecule is CCCC(CNCCN(C)C)c1ccc(OCCCN2CCCCC2)cc1. The molecule has 1 heterocycles. The van der Waals surface area contributed by atoms with Crippen molar-refractivity contribution in [1.82, 2.24) is 15.1 Å². The van der Waals surface area contributed by atoms with Crippen LogP contribution in [0.4, 0.5) is 0 Å². The Balaban J connectivity index is 1.70. The van der Waals surface area contributed by atoms with Crippen molar-refractivity contribution in [3.8, 4) is 5.75 Å². The highest BCUT2D eigenvalue weighted by Crippen LogP contribution is 2.23. The zero-order valence-corrected chi connectivity index (χ0v) is 17.9. The minimum atomic E-state index is 0.588. The zero-order valence-electron chi connectivity index (χ0n) is 17.9. The second-order valence-electron chi connectivity index (χ2n) is 8.17. The third-order valence-electron chi connectivity index (χ3n) is 5.45. The van der Waals surface area contributed by atoms with Crippen molar-refractivity contribution < 1.29 is 4.74 Å². The zero-order chi connectivity index (χ0) is 19.3. The number of rotatable bonds is 13. The lowest BCUT2D eigenvalue weighted by molar-refractivity contribution is 0.205. The Bertz CT molecular complexity index is 483. The normalized spacial score (nSPS) is 16.6. The number of piperidine rings is 1. The lowest BCUT2D eigenvalue weighted by atomic mass is 9.94. The largest absolute Gasteiger partial charge is 0.494 e. The van der Waals surface area contributed by atoms with Crippen LogP contribution in [0.15, 0.2) is 24.3 Å². The first-order valence-electron chi connectivity index (χ1n) is 11.0. The summed E-state index contributed by atoms with van der Waals surface area (Å²) < 4.78 is 5.97. The molecule has 27 heavy (non-hydrogen) atoms. The Labute approximate surface area is 167 Å². The summed E-state index contributed by atoms with van der Waals surface area (Å²) in [4.78, 5) is 4.80. The van der Waals surface area contributed by atoms with Gasteiger partial charge in [-0.25, -0.2) is 0 Å². The molecule has 1 unspecified atom stereocenters. The number of likely N-dealkylation sites (tertiary alicyclic amines) is 1. The van der Waals surface area contributed by atoms with E-state index in [1.165, 1.54) is 57.3 Å². The number of nitrogens with zero attached hydrogens (tertiary/aromatic N) is 2. The summed E-state index contributed by atoms with van der Waals surface area (Å²) in [5, 5.41) is 3.61. The molecule has 0 saturated carbocycles. The molecule has 1 aliphatic rings. The van der Waals surface area contributed by atoms with Gasteiger partial charge in [-0.1, -0.05) is 31.9 Å². The summed E-state index contributed by atoms with van der Waals surface area (Å²) in [6.07, 6.45) is 7.70. The molecule has 1 N–H and O–H groups in total. The van der Waals surface area contributed by atoms with E-state index < -0.39 is 0 Å². The van der Waals surface area contributed by atoms with Gasteiger partial charge in [-0.3, -0.25) is 0 Å². The van der Waals surface area contributed by atoms with Crippen LogP contribution in [0.5, 0.6) is 5.75 Å². The topological polar surface area (TPSA) is 27.7 Å². The van der Waals surface area contributed by atoms with Crippen LogP contribution in [0, 0.1) is 0 Å². The van der Waals surface area contributed by atoms with Gasteiger partial charge in [-0.15, -0.1) is 0 Å². The van der Waals surface area contributed by atoms with Crippen LogP contribution in [0.1, 0.15) is 56.9 Å². The number of nitrogens with one attached hydrogen (secondary N) is 1. The fourth-order valence-electron chi connectivity index (χ4n) is 3.81. The average Bonchev–Trinajstić information content (AvgIpc) is 2.69. The van der Waals surface area contributed by atoms with Gasteiger partial charge in [0, 0.05) is 26.2 Å². The van der Waals surface area contributed by atoms with E-state index in [4.69, 9.17) is 4.74 Å². The Morgan fingerprint density at radius 3 is 2.52 bits per heavy atom. The van der Waals surface area contributed by atoms with Gasteiger partial charge in [0.25, 0.3) is 0 Å². The van der Waals surface area contributed by atoms with Gasteiger partial charge in [-0.05, 0) is 76.5 Å². The Hall–Kier alpha value is -1.10. The number of hydrogen-bond donors (Lipinski definition) is 1. The Morgan fingerprint density at radius 2 is 1.85 bits per heavy atom. The predicted octanol–water partition coefficient (Wildman–Crippen LogP) is 3.98. The molecule has 0 aliphatic carbocycles. The smallest absolute Gasteiger partial charge is 0.119 e. The number of benzene rings is 1. The van der Waals surface area contributed by atoms with Gasteiger partial charge < -0.3 is 19.9 Å². The van der Waals surface area contributed by atoms with Gasteiger partial charge in [0.2, 0.25) is 0 Å². The van der Waals surface area contributed by atoms with Crippen molar-refractivity contribution in [2.24, 2.45) is 0 Å². The Morgan fingerprint density at radius 1 is 1.11 bits per heavy atom. The number of likely N-dealkylation sites (N-methyl/N-ethyl adjacent to an activating group) is 1. The van der Waals surface area contributed by atoms with Gasteiger partial charge in [0.05, 0.1) is 6.61 Å². The molecule has 1 aromatic carbocycles. The second-order valence-corrected chi connectivity index (χ2v) is 8.17. The van der Waals surface area contributed by atoms with Gasteiger partial charge >= 0.3 is 0 Å². The lowest BCUT2D eigenvalue weighted by Gasteiger charge is -2.26. The molecule has 4 nitrogen and oxygen atoms in total. The van der Waals surface area contributed by atoms with Crippen molar-refractivity contribution in [3.63, 3.8) is 0 Å². The van der Waals surface area contributed by atoms with E-state index in [9.17, 15) is 0 Å². The van der Waals surface area contributed by atoms with E-state index in [-0.39, 0.29) is 0 Å². The van der Waals surface area contributed by atoms with Crippen LogP contribution in [0.2, 0.25) is 0 Å². The summed E-state index contributed by atoms with van der Waals surface area (Å²) in [7, 11) is 4.24. The molecule has 1 fully saturated rings. The van der Waals surface area contributed by atoms with Crippen LogP contribution in [0.25, 0.3) is 0 Å². The maximum Gasteiger partial charge on any atom is 0.119 e. The monoisotopic (exact) mass is 375 g/mol. The first-order chi connectivity index (χ1) is 13.2. The summed E-state index contributed by atoms with van der Waals surface area (Å²) in [6, 6.07) is 8.82. The standard InChI is InChI=1S/C23H41N3O/c1-4-9-22(20-24-14-18-25(2)3)21-10-12-23(13-11-21)27-19-8-17-26-15-6-5-7-16-26/h10-13,22,24H,4-9,14-20H2,1-3H3. The molecule has 4 heteroatoms. The quantitative estimate of drug-likeness (QED) is 0.528. The maximum atomic E-state index is 5.97. The van der Waals surface area contributed by atoms with Gasteiger partial charge in [0.15, 0.2) is 0 Å². The summed E-state index contributed by atoms with van der Waals surface area (Å²) in [6.45, 7) is 10.0. The van der Waals surface area contributed by atoms with Crippen molar-refractivity contribution >= 4 is 0 Å². The molecular formula is C23H41N3O. The first kappa shape index (κ1) is 22.2. The predicted molar refractivity (Wildman–Crippen MR) is 116 cm³/mol. The molecule has 0 aromatic heterocycles. The van der Waals surface area contributed by atoms with E-state index in [2.05, 4.69) is 60.4 Å². The van der Waals surface area contributed by atoms with Crippen LogP contribution in [0.3, 0.4) is 0 Å². The molecule has 0 amide bonds. The molecule has 0 spiro atoms. The first-order valence-corrected chi connectivity index (χ1v) is 11.0. The van der Waals surface area contributed by atoms with Gasteiger partial charge in [0.1, 0.15) is 5.75 Å². The van der Waals surface area contributed by atoms with Crippen LogP contribution in [-0.4, -0.2) is 69.8 Å². The molecule has 154 valence electrons. The lowest BCUT2D eigenvalue weighted by Crippen LogP contribution is -2.31. The summed E-state index contributed by atoms with van der Waals surface area (Å²) >= 11 is 0. The molecule has 1 aliphatic heterocycles. The van der Waals surface area contributed by atoms with Gasteiger partial charge in [-0.2, -0.15) is 0 Å². The van der Waals surface area contributed by atoms with E-state index in [1.807, 2.05) is 0 Å². The molecule has 1 atom stereocenters. The fourth-order valence-corrected chi connectivity index (χ4v) is 3.81. The van der Waals surface area contributed by atoms with E-state index in [0.29, 0.717) is 5.92 Å². The average molecular weight is 376 g/mol. The number of ether oxygens (including phenoxy) is 1. The maximum absolute atomic E-state index is 5.97. The molecule has 1 aromatic rings. The van der Waals surface area contributed by atoms with Crippen molar-refractivity contribution in [1.29, 1.82) is 0 Å². The highest BCUT2D eigenvalue weighted by Gasteiger charge is 2.11.